The van der Waals surface area contributed by atoms with Gasteiger partial charge in [-0.25, -0.2) is 9.97 Å². The molecule has 0 bridgehead atoms. The van der Waals surface area contributed by atoms with Gasteiger partial charge in [-0.3, -0.25) is 0 Å². The molecule has 1 N–H and O–H groups in total. The molecule has 0 saturated heterocycles. The fourth-order valence-electron chi connectivity index (χ4n) is 1.86. The zero-order valence-electron chi connectivity index (χ0n) is 9.54. The molecule has 2 aromatic heterocycles. The van der Waals surface area contributed by atoms with Crippen molar-refractivity contribution in [3.05, 3.63) is 46.1 Å². The van der Waals surface area contributed by atoms with E-state index in [4.69, 9.17) is 23.2 Å². The molecule has 0 spiro atoms. The van der Waals surface area contributed by atoms with E-state index in [-0.39, 0.29) is 5.15 Å². The van der Waals surface area contributed by atoms with Crippen molar-refractivity contribution in [1.82, 2.24) is 15.0 Å². The molecule has 0 saturated carbocycles. The summed E-state index contributed by atoms with van der Waals surface area (Å²) in [6.45, 7) is 2.04. The summed E-state index contributed by atoms with van der Waals surface area (Å²) < 4.78 is 0. The maximum absolute atomic E-state index is 5.93. The maximum Gasteiger partial charge on any atom is 0.179 e. The molecule has 0 aliphatic carbocycles. The maximum atomic E-state index is 5.93. The second-order valence-corrected chi connectivity index (χ2v) is 4.80. The quantitative estimate of drug-likeness (QED) is 0.676. The summed E-state index contributed by atoms with van der Waals surface area (Å²) in [6, 6.07) is 9.75. The Labute approximate surface area is 114 Å². The van der Waals surface area contributed by atoms with Crippen molar-refractivity contribution in [2.75, 3.05) is 0 Å². The fraction of sp³-hybridized carbons (Fsp3) is 0.0769. The molecule has 0 aliphatic rings. The minimum atomic E-state index is 0.270. The average Bonchev–Trinajstić information content (AvgIpc) is 2.73. The Balaban J connectivity index is 2.23. The van der Waals surface area contributed by atoms with Crippen LogP contribution in [0.4, 0.5) is 0 Å². The molecule has 0 aliphatic heterocycles. The number of hydrogen-bond acceptors (Lipinski definition) is 2. The van der Waals surface area contributed by atoms with Crippen molar-refractivity contribution in [1.29, 1.82) is 0 Å². The number of imidazole rings is 1. The first kappa shape index (κ1) is 11.5. The Morgan fingerprint density at radius 2 is 1.89 bits per heavy atom. The molecule has 90 valence electrons. The third kappa shape index (κ3) is 1.85. The smallest absolute Gasteiger partial charge is 0.179 e. The van der Waals surface area contributed by atoms with Gasteiger partial charge in [-0.05, 0) is 18.6 Å². The Morgan fingerprint density at radius 3 is 2.67 bits per heavy atom. The molecule has 0 amide bonds. The number of aromatic amines is 1. The summed E-state index contributed by atoms with van der Waals surface area (Å²) in [5.74, 6) is 0.772. The van der Waals surface area contributed by atoms with Gasteiger partial charge in [-0.1, -0.05) is 47.5 Å². The molecule has 0 unspecified atom stereocenters. The summed E-state index contributed by atoms with van der Waals surface area (Å²) in [5, 5.41) is 0.691. The number of benzene rings is 1. The van der Waals surface area contributed by atoms with Crippen LogP contribution in [-0.2, 0) is 0 Å². The molecule has 2 heterocycles. The highest BCUT2D eigenvalue weighted by Crippen LogP contribution is 2.27. The Kier molecular flexibility index (Phi) is 2.73. The van der Waals surface area contributed by atoms with Crippen molar-refractivity contribution < 1.29 is 0 Å². The highest BCUT2D eigenvalue weighted by Gasteiger charge is 2.10. The first-order chi connectivity index (χ1) is 8.65. The van der Waals surface area contributed by atoms with Crippen molar-refractivity contribution in [2.45, 2.75) is 6.92 Å². The molecule has 5 heteroatoms. The van der Waals surface area contributed by atoms with E-state index < -0.39 is 0 Å². The molecule has 0 radical (unpaired) electrons. The zero-order valence-corrected chi connectivity index (χ0v) is 11.0. The Hall–Kier alpha value is -1.58. The summed E-state index contributed by atoms with van der Waals surface area (Å²) in [4.78, 5) is 11.8. The lowest BCUT2D eigenvalue weighted by molar-refractivity contribution is 1.28. The van der Waals surface area contributed by atoms with Gasteiger partial charge in [0.2, 0.25) is 0 Å². The van der Waals surface area contributed by atoms with Crippen LogP contribution in [0.2, 0.25) is 10.2 Å². The third-order valence-electron chi connectivity index (χ3n) is 2.78. The van der Waals surface area contributed by atoms with E-state index in [2.05, 4.69) is 15.0 Å². The molecule has 0 atom stereocenters. The monoisotopic (exact) mass is 277 g/mol. The van der Waals surface area contributed by atoms with Gasteiger partial charge >= 0.3 is 0 Å². The molecule has 18 heavy (non-hydrogen) atoms. The third-order valence-corrected chi connectivity index (χ3v) is 3.46. The van der Waals surface area contributed by atoms with Crippen molar-refractivity contribution in [3.8, 4) is 11.4 Å². The molecule has 3 rings (SSSR count). The van der Waals surface area contributed by atoms with E-state index in [1.54, 1.807) is 6.07 Å². The van der Waals surface area contributed by atoms with Crippen LogP contribution in [0.1, 0.15) is 5.56 Å². The van der Waals surface area contributed by atoms with Gasteiger partial charge in [0.05, 0.1) is 10.5 Å². The second kappa shape index (κ2) is 4.26. The summed E-state index contributed by atoms with van der Waals surface area (Å²) >= 11 is 11.8. The van der Waals surface area contributed by atoms with Crippen LogP contribution in [-0.4, -0.2) is 15.0 Å². The number of aryl methyl sites for hydroxylation is 1. The van der Waals surface area contributed by atoms with Gasteiger partial charge in [0, 0.05) is 5.56 Å². The fourth-order valence-corrected chi connectivity index (χ4v) is 2.15. The summed E-state index contributed by atoms with van der Waals surface area (Å²) in [7, 11) is 0. The number of hydrogen-bond donors (Lipinski definition) is 1. The number of halogens is 2. The van der Waals surface area contributed by atoms with Gasteiger partial charge in [-0.15, -0.1) is 0 Å². The summed E-state index contributed by atoms with van der Waals surface area (Å²) in [5.41, 5.74) is 3.54. The average molecular weight is 278 g/mol. The number of nitrogens with one attached hydrogen (secondary N) is 1. The predicted molar refractivity (Wildman–Crippen MR) is 74.1 cm³/mol. The molecule has 3 nitrogen and oxygen atoms in total. The molecular formula is C13H9Cl2N3. The topological polar surface area (TPSA) is 41.6 Å². The SMILES string of the molecule is Cc1ccccc1-c1nc2nc(Cl)c(Cl)cc2[nH]1. The highest BCUT2D eigenvalue weighted by atomic mass is 35.5. The van der Waals surface area contributed by atoms with E-state index in [0.29, 0.717) is 10.7 Å². The van der Waals surface area contributed by atoms with Crippen LogP contribution in [0.25, 0.3) is 22.6 Å². The van der Waals surface area contributed by atoms with E-state index in [1.807, 2.05) is 31.2 Å². The van der Waals surface area contributed by atoms with Crippen LogP contribution in [0, 0.1) is 6.92 Å². The number of fused-ring (bicyclic) bond motifs is 1. The molecule has 3 aromatic rings. The van der Waals surface area contributed by atoms with Gasteiger partial charge in [0.25, 0.3) is 0 Å². The molecule has 1 aromatic carbocycles. The van der Waals surface area contributed by atoms with E-state index >= 15 is 0 Å². The first-order valence-corrected chi connectivity index (χ1v) is 6.18. The van der Waals surface area contributed by atoms with Gasteiger partial charge in [0.1, 0.15) is 11.0 Å². The number of rotatable bonds is 1. The second-order valence-electron chi connectivity index (χ2n) is 4.03. The number of H-pyrrole nitrogens is 1. The normalized spacial score (nSPS) is 11.1. The van der Waals surface area contributed by atoms with Crippen LogP contribution in [0.15, 0.2) is 30.3 Å². The predicted octanol–water partition coefficient (Wildman–Crippen LogP) is 4.24. The minimum absolute atomic E-state index is 0.270. The van der Waals surface area contributed by atoms with Gasteiger partial charge in [0.15, 0.2) is 5.65 Å². The standard InChI is InChI=1S/C13H9Cl2N3/c1-7-4-2-3-5-8(7)12-16-10-6-9(14)11(15)17-13(10)18-12/h2-6H,1H3,(H,16,17,18). The Morgan fingerprint density at radius 1 is 1.11 bits per heavy atom. The molecule has 0 fully saturated rings. The number of pyridine rings is 1. The van der Waals surface area contributed by atoms with Crippen LogP contribution in [0.3, 0.4) is 0 Å². The van der Waals surface area contributed by atoms with Crippen molar-refractivity contribution >= 4 is 34.4 Å². The Bertz CT molecular complexity index is 695. The lowest BCUT2D eigenvalue weighted by Crippen LogP contribution is -1.84. The summed E-state index contributed by atoms with van der Waals surface area (Å²) in [6.07, 6.45) is 0. The number of nitrogens with zero attached hydrogens (tertiary/aromatic N) is 2. The lowest BCUT2D eigenvalue weighted by Gasteiger charge is -1.99. The first-order valence-electron chi connectivity index (χ1n) is 5.43. The van der Waals surface area contributed by atoms with Crippen LogP contribution < -0.4 is 0 Å². The lowest BCUT2D eigenvalue weighted by atomic mass is 10.1. The molecular weight excluding hydrogens is 269 g/mol. The minimum Gasteiger partial charge on any atom is -0.337 e. The van der Waals surface area contributed by atoms with Gasteiger partial charge < -0.3 is 4.98 Å². The van der Waals surface area contributed by atoms with E-state index in [0.717, 1.165) is 22.5 Å². The number of aromatic nitrogens is 3. The van der Waals surface area contributed by atoms with Crippen molar-refractivity contribution in [3.63, 3.8) is 0 Å². The van der Waals surface area contributed by atoms with Gasteiger partial charge in [-0.2, -0.15) is 0 Å². The van der Waals surface area contributed by atoms with Crippen molar-refractivity contribution in [2.24, 2.45) is 0 Å². The van der Waals surface area contributed by atoms with E-state index in [9.17, 15) is 0 Å². The highest BCUT2D eigenvalue weighted by molar-refractivity contribution is 6.41. The largest absolute Gasteiger partial charge is 0.337 e. The van der Waals surface area contributed by atoms with Crippen LogP contribution >= 0.6 is 23.2 Å². The zero-order chi connectivity index (χ0) is 12.7. The van der Waals surface area contributed by atoms with Crippen LogP contribution in [0.5, 0.6) is 0 Å². The van der Waals surface area contributed by atoms with E-state index in [1.165, 1.54) is 0 Å².